The maximum atomic E-state index is 12.1. The van der Waals surface area contributed by atoms with Gasteiger partial charge < -0.3 is 8.95 Å². The lowest BCUT2D eigenvalue weighted by Gasteiger charge is -2.33. The van der Waals surface area contributed by atoms with E-state index in [-0.39, 0.29) is 0 Å². The molecule has 1 aliphatic rings. The fourth-order valence-electron chi connectivity index (χ4n) is 4.95. The molecule has 1 saturated heterocycles. The van der Waals surface area contributed by atoms with Gasteiger partial charge in [0.1, 0.15) is 0 Å². The standard InChI is InChI=1S/C29H59NO3SSi/c1-4-7-9-11-12-13-14-15-17-18-21-28-23-24-32-35(6-3,33-30-27-28)26-20-25-34-29(31)22-19-16-10-8-5-2/h28,30H,4-27H2,1-3H3. The summed E-state index contributed by atoms with van der Waals surface area (Å²) in [5.74, 6) is 1.56. The first-order chi connectivity index (χ1) is 17.2. The van der Waals surface area contributed by atoms with Gasteiger partial charge in [0.25, 0.3) is 0 Å². The Morgan fingerprint density at radius 2 is 1.43 bits per heavy atom. The van der Waals surface area contributed by atoms with Crippen molar-refractivity contribution < 1.29 is 13.7 Å². The number of carbonyl (C=O) groups excluding carboxylic acids is 1. The monoisotopic (exact) mass is 529 g/mol. The molecule has 0 aromatic carbocycles. The zero-order valence-electron chi connectivity index (χ0n) is 23.7. The number of hydroxylamine groups is 1. The summed E-state index contributed by atoms with van der Waals surface area (Å²) in [4.78, 5) is 12.1. The molecule has 0 saturated carbocycles. The third-order valence-electron chi connectivity index (χ3n) is 7.48. The summed E-state index contributed by atoms with van der Waals surface area (Å²) in [5.41, 5.74) is 3.32. The van der Waals surface area contributed by atoms with Crippen LogP contribution in [-0.4, -0.2) is 32.6 Å². The molecule has 2 unspecified atom stereocenters. The highest BCUT2D eigenvalue weighted by atomic mass is 32.2. The predicted octanol–water partition coefficient (Wildman–Crippen LogP) is 9.33. The second kappa shape index (κ2) is 23.2. The van der Waals surface area contributed by atoms with E-state index in [1.807, 2.05) is 0 Å². The molecule has 1 N–H and O–H groups in total. The summed E-state index contributed by atoms with van der Waals surface area (Å²) in [6, 6.07) is 1.95. The second-order valence-electron chi connectivity index (χ2n) is 10.7. The lowest BCUT2D eigenvalue weighted by atomic mass is 9.97. The van der Waals surface area contributed by atoms with Crippen LogP contribution in [0.25, 0.3) is 0 Å². The zero-order chi connectivity index (χ0) is 25.5. The molecule has 4 nitrogen and oxygen atoms in total. The molecule has 0 spiro atoms. The van der Waals surface area contributed by atoms with Gasteiger partial charge in [-0.2, -0.15) is 0 Å². The minimum absolute atomic E-state index is 0.362. The summed E-state index contributed by atoms with van der Waals surface area (Å²) in [5, 5.41) is 0.362. The molecule has 1 heterocycles. The van der Waals surface area contributed by atoms with Crippen molar-refractivity contribution in [1.82, 2.24) is 5.48 Å². The smallest absolute Gasteiger partial charge is 0.357 e. The summed E-state index contributed by atoms with van der Waals surface area (Å²) < 4.78 is 12.7. The van der Waals surface area contributed by atoms with Crippen LogP contribution in [0.1, 0.15) is 143 Å². The average Bonchev–Trinajstić information content (AvgIpc) is 2.85. The van der Waals surface area contributed by atoms with Crippen LogP contribution in [0.5, 0.6) is 0 Å². The maximum absolute atomic E-state index is 12.1. The molecule has 1 rings (SSSR count). The summed E-state index contributed by atoms with van der Waals surface area (Å²) in [6.45, 7) is 8.51. The SMILES string of the molecule is CCCCCCCCCCCCC1CCO[Si](CC)(CCCSC(=O)CCCCCCC)ONC1. The first-order valence-corrected chi connectivity index (χ1v) is 18.6. The van der Waals surface area contributed by atoms with E-state index in [0.29, 0.717) is 11.0 Å². The Morgan fingerprint density at radius 3 is 2.06 bits per heavy atom. The first kappa shape index (κ1) is 33.1. The van der Waals surface area contributed by atoms with Gasteiger partial charge in [0.2, 0.25) is 0 Å². The Hall–Kier alpha value is 0.117. The van der Waals surface area contributed by atoms with Crippen molar-refractivity contribution in [1.29, 1.82) is 0 Å². The van der Waals surface area contributed by atoms with Crippen LogP contribution in [0, 0.1) is 5.92 Å². The number of hydrogen-bond donors (Lipinski definition) is 1. The zero-order valence-corrected chi connectivity index (χ0v) is 25.5. The lowest BCUT2D eigenvalue weighted by Crippen LogP contribution is -2.49. The van der Waals surface area contributed by atoms with E-state index in [2.05, 4.69) is 26.3 Å². The Balaban J connectivity index is 2.09. The van der Waals surface area contributed by atoms with Crippen molar-refractivity contribution in [3.8, 4) is 0 Å². The van der Waals surface area contributed by atoms with Crippen molar-refractivity contribution >= 4 is 25.4 Å². The van der Waals surface area contributed by atoms with Crippen molar-refractivity contribution in [3.05, 3.63) is 0 Å². The largest absolute Gasteiger partial charge is 0.393 e. The van der Waals surface area contributed by atoms with Crippen molar-refractivity contribution in [2.75, 3.05) is 18.9 Å². The minimum Gasteiger partial charge on any atom is -0.393 e. The molecule has 0 aliphatic carbocycles. The molecule has 0 bridgehead atoms. The van der Waals surface area contributed by atoms with Crippen molar-refractivity contribution in [2.45, 2.75) is 155 Å². The van der Waals surface area contributed by atoms with Gasteiger partial charge in [-0.05, 0) is 43.7 Å². The molecule has 2 atom stereocenters. The van der Waals surface area contributed by atoms with Gasteiger partial charge in [-0.15, -0.1) is 0 Å². The van der Waals surface area contributed by atoms with Crippen LogP contribution in [0.3, 0.4) is 0 Å². The highest BCUT2D eigenvalue weighted by Crippen LogP contribution is 2.26. The van der Waals surface area contributed by atoms with Crippen LogP contribution in [-0.2, 0) is 13.7 Å². The fourth-order valence-corrected chi connectivity index (χ4v) is 8.57. The topological polar surface area (TPSA) is 47.6 Å². The Morgan fingerprint density at radius 1 is 0.829 bits per heavy atom. The highest BCUT2D eigenvalue weighted by Gasteiger charge is 2.37. The lowest BCUT2D eigenvalue weighted by molar-refractivity contribution is -0.111. The van der Waals surface area contributed by atoms with Crippen LogP contribution in [0.4, 0.5) is 0 Å². The van der Waals surface area contributed by atoms with Gasteiger partial charge in [0, 0.05) is 25.3 Å². The van der Waals surface area contributed by atoms with Gasteiger partial charge in [-0.1, -0.05) is 122 Å². The molecule has 6 heteroatoms. The third kappa shape index (κ3) is 18.1. The van der Waals surface area contributed by atoms with Gasteiger partial charge in [0.15, 0.2) is 5.12 Å². The fraction of sp³-hybridized carbons (Fsp3) is 0.966. The number of rotatable bonds is 22. The Labute approximate surface area is 224 Å². The van der Waals surface area contributed by atoms with Crippen LogP contribution >= 0.6 is 11.8 Å². The van der Waals surface area contributed by atoms with E-state index >= 15 is 0 Å². The van der Waals surface area contributed by atoms with E-state index in [1.165, 1.54) is 108 Å². The molecular formula is C29H59NO3SSi. The Bertz CT molecular complexity index is 485. The number of unbranched alkanes of at least 4 members (excludes halogenated alkanes) is 13. The van der Waals surface area contributed by atoms with Crippen LogP contribution in [0.15, 0.2) is 0 Å². The van der Waals surface area contributed by atoms with Gasteiger partial charge in [-0.25, -0.2) is 5.48 Å². The number of thioether (sulfide) groups is 1. The average molecular weight is 530 g/mol. The van der Waals surface area contributed by atoms with Crippen molar-refractivity contribution in [2.24, 2.45) is 5.92 Å². The molecule has 1 aliphatic heterocycles. The first-order valence-electron chi connectivity index (χ1n) is 15.4. The van der Waals surface area contributed by atoms with E-state index in [9.17, 15) is 4.79 Å². The van der Waals surface area contributed by atoms with Gasteiger partial charge in [0.05, 0.1) is 0 Å². The van der Waals surface area contributed by atoms with Crippen LogP contribution < -0.4 is 5.48 Å². The van der Waals surface area contributed by atoms with E-state index < -0.39 is 8.56 Å². The maximum Gasteiger partial charge on any atom is 0.357 e. The van der Waals surface area contributed by atoms with Gasteiger partial charge in [-0.3, -0.25) is 4.79 Å². The number of hydrogen-bond acceptors (Lipinski definition) is 5. The highest BCUT2D eigenvalue weighted by molar-refractivity contribution is 8.13. The molecule has 208 valence electrons. The third-order valence-corrected chi connectivity index (χ3v) is 11.9. The Kier molecular flexibility index (Phi) is 22.0. The quantitative estimate of drug-likeness (QED) is 0.112. The van der Waals surface area contributed by atoms with Gasteiger partial charge >= 0.3 is 8.56 Å². The molecule has 35 heavy (non-hydrogen) atoms. The molecule has 0 aromatic heterocycles. The number of nitrogens with one attached hydrogen (secondary N) is 1. The van der Waals surface area contributed by atoms with E-state index in [0.717, 1.165) is 56.7 Å². The van der Waals surface area contributed by atoms with Crippen LogP contribution in [0.2, 0.25) is 12.1 Å². The molecule has 0 radical (unpaired) electrons. The molecular weight excluding hydrogens is 470 g/mol. The normalized spacial score (nSPS) is 21.1. The van der Waals surface area contributed by atoms with E-state index in [4.69, 9.17) is 8.95 Å². The molecule has 0 aromatic rings. The predicted molar refractivity (Wildman–Crippen MR) is 156 cm³/mol. The summed E-state index contributed by atoms with van der Waals surface area (Å²) in [7, 11) is -2.18. The number of carbonyl (C=O) groups is 1. The molecule has 1 fully saturated rings. The molecule has 0 amide bonds. The summed E-state index contributed by atoms with van der Waals surface area (Å²) in [6.07, 6.45) is 24.2. The minimum atomic E-state index is -2.18. The van der Waals surface area contributed by atoms with Crippen molar-refractivity contribution in [3.63, 3.8) is 0 Å². The second-order valence-corrected chi connectivity index (χ2v) is 15.4. The summed E-state index contributed by atoms with van der Waals surface area (Å²) >= 11 is 1.52. The van der Waals surface area contributed by atoms with E-state index in [1.54, 1.807) is 0 Å².